The molecule has 0 saturated carbocycles. The summed E-state index contributed by atoms with van der Waals surface area (Å²) in [7, 11) is 0. The largest absolute Gasteiger partial charge is 0.289 e. The normalized spacial score (nSPS) is 13.9. The standard InChI is InChI=1S/C22H31N3/c1-6-9-19(10-7-2)17(5)23-14-18(8-3)22-15-24-20-12-11-16(4)13-21(20)25-22/h8,11-15,17,19H,6-7,9-10H2,1-5H3/b18-8+,23-14-. The number of aryl methyl sites for hydroxylation is 1. The van der Waals surface area contributed by atoms with Crippen molar-refractivity contribution in [1.29, 1.82) is 0 Å². The lowest BCUT2D eigenvalue weighted by molar-refractivity contribution is 0.382. The van der Waals surface area contributed by atoms with Gasteiger partial charge in [0.25, 0.3) is 0 Å². The third-order valence-corrected chi connectivity index (χ3v) is 4.75. The van der Waals surface area contributed by atoms with Gasteiger partial charge in [-0.05, 0) is 57.2 Å². The molecule has 0 saturated heterocycles. The summed E-state index contributed by atoms with van der Waals surface area (Å²) >= 11 is 0. The zero-order valence-corrected chi connectivity index (χ0v) is 16.3. The summed E-state index contributed by atoms with van der Waals surface area (Å²) in [6, 6.07) is 6.51. The van der Waals surface area contributed by atoms with Crippen molar-refractivity contribution in [3.63, 3.8) is 0 Å². The van der Waals surface area contributed by atoms with E-state index in [1.54, 1.807) is 0 Å². The minimum Gasteiger partial charge on any atom is -0.289 e. The summed E-state index contributed by atoms with van der Waals surface area (Å²) in [5, 5.41) is 0. The average Bonchev–Trinajstić information content (AvgIpc) is 2.61. The quantitative estimate of drug-likeness (QED) is 0.553. The predicted octanol–water partition coefficient (Wildman–Crippen LogP) is 6.02. The smallest absolute Gasteiger partial charge is 0.0905 e. The molecule has 2 rings (SSSR count). The lowest BCUT2D eigenvalue weighted by Gasteiger charge is -2.19. The summed E-state index contributed by atoms with van der Waals surface area (Å²) in [6.07, 6.45) is 10.8. The second-order valence-corrected chi connectivity index (χ2v) is 6.85. The molecule has 0 aliphatic carbocycles. The Hall–Kier alpha value is -2.03. The van der Waals surface area contributed by atoms with Crippen LogP contribution in [-0.4, -0.2) is 22.2 Å². The first-order valence-electron chi connectivity index (χ1n) is 9.52. The number of nitrogens with zero attached hydrogens (tertiary/aromatic N) is 3. The maximum absolute atomic E-state index is 4.85. The number of aliphatic imine (C=N–C) groups is 1. The van der Waals surface area contributed by atoms with Crippen LogP contribution in [0, 0.1) is 12.8 Å². The van der Waals surface area contributed by atoms with E-state index >= 15 is 0 Å². The molecule has 3 heteroatoms. The van der Waals surface area contributed by atoms with E-state index in [-0.39, 0.29) is 0 Å². The van der Waals surface area contributed by atoms with E-state index in [2.05, 4.69) is 50.9 Å². The zero-order chi connectivity index (χ0) is 18.2. The van der Waals surface area contributed by atoms with Crippen molar-refractivity contribution in [2.75, 3.05) is 0 Å². The molecule has 0 aliphatic rings. The van der Waals surface area contributed by atoms with Crippen LogP contribution in [0.25, 0.3) is 16.6 Å². The van der Waals surface area contributed by atoms with Gasteiger partial charge in [-0.1, -0.05) is 38.8 Å². The molecule has 0 bridgehead atoms. The molecule has 0 fully saturated rings. The van der Waals surface area contributed by atoms with Crippen LogP contribution < -0.4 is 0 Å². The molecule has 1 atom stereocenters. The van der Waals surface area contributed by atoms with E-state index in [0.29, 0.717) is 12.0 Å². The van der Waals surface area contributed by atoms with Gasteiger partial charge in [-0.3, -0.25) is 9.98 Å². The van der Waals surface area contributed by atoms with E-state index in [1.807, 2.05) is 25.4 Å². The Morgan fingerprint density at radius 2 is 1.88 bits per heavy atom. The summed E-state index contributed by atoms with van der Waals surface area (Å²) in [6.45, 7) is 10.8. The lowest BCUT2D eigenvalue weighted by Crippen LogP contribution is -2.15. The summed E-state index contributed by atoms with van der Waals surface area (Å²) < 4.78 is 0. The van der Waals surface area contributed by atoms with Crippen molar-refractivity contribution in [2.24, 2.45) is 10.9 Å². The van der Waals surface area contributed by atoms with Crippen LogP contribution >= 0.6 is 0 Å². The average molecular weight is 338 g/mol. The Morgan fingerprint density at radius 1 is 1.16 bits per heavy atom. The van der Waals surface area contributed by atoms with Crippen LogP contribution in [0.15, 0.2) is 35.5 Å². The maximum Gasteiger partial charge on any atom is 0.0905 e. The Labute approximate surface area is 152 Å². The number of allylic oxidation sites excluding steroid dienone is 2. The van der Waals surface area contributed by atoms with E-state index in [1.165, 1.54) is 31.2 Å². The number of aromatic nitrogens is 2. The van der Waals surface area contributed by atoms with Gasteiger partial charge in [-0.15, -0.1) is 0 Å². The SMILES string of the molecule is C/C=C(\C=N/C(C)C(CCC)CCC)c1cnc2ccc(C)cc2n1. The number of fused-ring (bicyclic) bond motifs is 1. The molecule has 0 spiro atoms. The fourth-order valence-electron chi connectivity index (χ4n) is 3.24. The number of benzene rings is 1. The molecule has 1 heterocycles. The van der Waals surface area contributed by atoms with Gasteiger partial charge in [0.2, 0.25) is 0 Å². The second kappa shape index (κ2) is 9.45. The van der Waals surface area contributed by atoms with Crippen molar-refractivity contribution >= 4 is 22.8 Å². The maximum atomic E-state index is 4.85. The lowest BCUT2D eigenvalue weighted by atomic mass is 9.92. The highest BCUT2D eigenvalue weighted by Crippen LogP contribution is 2.21. The Bertz CT molecular complexity index is 740. The molecule has 3 nitrogen and oxygen atoms in total. The molecule has 0 aliphatic heterocycles. The third kappa shape index (κ3) is 5.22. The Balaban J connectivity index is 2.21. The predicted molar refractivity (Wildman–Crippen MR) is 109 cm³/mol. The van der Waals surface area contributed by atoms with Crippen LogP contribution in [-0.2, 0) is 0 Å². The van der Waals surface area contributed by atoms with E-state index in [0.717, 1.165) is 22.3 Å². The second-order valence-electron chi connectivity index (χ2n) is 6.85. The van der Waals surface area contributed by atoms with Crippen molar-refractivity contribution in [3.8, 4) is 0 Å². The summed E-state index contributed by atoms with van der Waals surface area (Å²) in [4.78, 5) is 14.2. The highest BCUT2D eigenvalue weighted by Gasteiger charge is 2.14. The van der Waals surface area contributed by atoms with Crippen LogP contribution in [0.2, 0.25) is 0 Å². The van der Waals surface area contributed by atoms with Crippen LogP contribution in [0.3, 0.4) is 0 Å². The Morgan fingerprint density at radius 3 is 2.52 bits per heavy atom. The van der Waals surface area contributed by atoms with E-state index in [4.69, 9.17) is 9.98 Å². The van der Waals surface area contributed by atoms with Crippen molar-refractivity contribution < 1.29 is 0 Å². The fraction of sp³-hybridized carbons (Fsp3) is 0.500. The molecule has 1 aromatic carbocycles. The molecule has 1 unspecified atom stereocenters. The van der Waals surface area contributed by atoms with Gasteiger partial charge in [-0.2, -0.15) is 0 Å². The van der Waals surface area contributed by atoms with Crippen LogP contribution in [0.1, 0.15) is 64.6 Å². The van der Waals surface area contributed by atoms with Crippen molar-refractivity contribution in [2.45, 2.75) is 66.3 Å². The fourth-order valence-corrected chi connectivity index (χ4v) is 3.24. The molecular weight excluding hydrogens is 306 g/mol. The monoisotopic (exact) mass is 337 g/mol. The van der Waals surface area contributed by atoms with Crippen LogP contribution in [0.4, 0.5) is 0 Å². The highest BCUT2D eigenvalue weighted by atomic mass is 14.8. The highest BCUT2D eigenvalue weighted by molar-refractivity contribution is 6.09. The van der Waals surface area contributed by atoms with Crippen LogP contribution in [0.5, 0.6) is 0 Å². The number of rotatable bonds is 8. The molecular formula is C22H31N3. The van der Waals surface area contributed by atoms with Gasteiger partial charge in [0.15, 0.2) is 0 Å². The molecule has 1 aromatic heterocycles. The molecule has 0 amide bonds. The van der Waals surface area contributed by atoms with Gasteiger partial charge in [-0.25, -0.2) is 4.98 Å². The molecule has 25 heavy (non-hydrogen) atoms. The Kier molecular flexibility index (Phi) is 7.30. The van der Waals surface area contributed by atoms with E-state index in [9.17, 15) is 0 Å². The third-order valence-electron chi connectivity index (χ3n) is 4.75. The first-order chi connectivity index (χ1) is 12.1. The molecule has 2 aromatic rings. The van der Waals surface area contributed by atoms with Crippen molar-refractivity contribution in [1.82, 2.24) is 9.97 Å². The van der Waals surface area contributed by atoms with Gasteiger partial charge >= 0.3 is 0 Å². The number of hydrogen-bond acceptors (Lipinski definition) is 3. The molecule has 0 radical (unpaired) electrons. The number of hydrogen-bond donors (Lipinski definition) is 0. The molecule has 134 valence electrons. The van der Waals surface area contributed by atoms with E-state index < -0.39 is 0 Å². The van der Waals surface area contributed by atoms with Gasteiger partial charge in [0.1, 0.15) is 0 Å². The molecule has 0 N–H and O–H groups in total. The van der Waals surface area contributed by atoms with Gasteiger partial charge in [0, 0.05) is 17.8 Å². The zero-order valence-electron chi connectivity index (χ0n) is 16.3. The summed E-state index contributed by atoms with van der Waals surface area (Å²) in [5.74, 6) is 0.662. The van der Waals surface area contributed by atoms with Gasteiger partial charge in [0.05, 0.1) is 22.9 Å². The minimum absolute atomic E-state index is 0.338. The summed E-state index contributed by atoms with van der Waals surface area (Å²) in [5.41, 5.74) is 4.99. The first-order valence-corrected chi connectivity index (χ1v) is 9.52. The first kappa shape index (κ1) is 19.3. The van der Waals surface area contributed by atoms with Gasteiger partial charge < -0.3 is 0 Å². The van der Waals surface area contributed by atoms with Crippen molar-refractivity contribution in [3.05, 3.63) is 41.7 Å². The topological polar surface area (TPSA) is 38.1 Å². The minimum atomic E-state index is 0.338.